The lowest BCUT2D eigenvalue weighted by Gasteiger charge is -2.32. The minimum absolute atomic E-state index is 0.0799. The average Bonchev–Trinajstić information content (AvgIpc) is 2.75. The first-order chi connectivity index (χ1) is 15.3. The minimum atomic E-state index is -5.84. The van der Waals surface area contributed by atoms with Gasteiger partial charge in [-0.1, -0.05) is 37.6 Å². The Morgan fingerprint density at radius 1 is 0.939 bits per heavy atom. The predicted molar refractivity (Wildman–Crippen MR) is 107 cm³/mol. The number of alkyl halides is 6. The van der Waals surface area contributed by atoms with Gasteiger partial charge in [0.1, 0.15) is 23.7 Å². The fourth-order valence-corrected chi connectivity index (χ4v) is 2.79. The summed E-state index contributed by atoms with van der Waals surface area (Å²) < 4.78 is 93.8. The molecule has 0 atom stereocenters. The summed E-state index contributed by atoms with van der Waals surface area (Å²) in [5, 5.41) is 18.7. The maximum Gasteiger partial charge on any atom is 0.377 e. The highest BCUT2D eigenvalue weighted by Gasteiger charge is 2.72. The van der Waals surface area contributed by atoms with Crippen molar-refractivity contribution in [3.05, 3.63) is 48.0 Å². The SMILES string of the molecule is CCCCOCC(F)(F)C(F)(F)C(F)(F)COc1c(C(=O)O)cccc1-c1ccc(O)cc1. The number of hydrogen-bond donors (Lipinski definition) is 2. The third-order valence-electron chi connectivity index (χ3n) is 4.67. The molecule has 2 aromatic rings. The second-order valence-electron chi connectivity index (χ2n) is 7.21. The van der Waals surface area contributed by atoms with E-state index in [1.165, 1.54) is 36.4 Å². The highest BCUT2D eigenvalue weighted by atomic mass is 19.3. The van der Waals surface area contributed by atoms with Crippen LogP contribution in [0.15, 0.2) is 42.5 Å². The Balaban J connectivity index is 2.33. The summed E-state index contributed by atoms with van der Waals surface area (Å²) in [5.41, 5.74) is -0.520. The van der Waals surface area contributed by atoms with Crippen molar-refractivity contribution in [2.24, 2.45) is 0 Å². The van der Waals surface area contributed by atoms with Crippen molar-refractivity contribution in [3.63, 3.8) is 0 Å². The van der Waals surface area contributed by atoms with Crippen LogP contribution >= 0.6 is 0 Å². The van der Waals surface area contributed by atoms with Crippen molar-refractivity contribution in [2.45, 2.75) is 37.5 Å². The Labute approximate surface area is 185 Å². The summed E-state index contributed by atoms with van der Waals surface area (Å²) in [5.74, 6) is -18.9. The van der Waals surface area contributed by atoms with E-state index in [0.29, 0.717) is 6.42 Å². The van der Waals surface area contributed by atoms with E-state index in [0.717, 1.165) is 6.07 Å². The minimum Gasteiger partial charge on any atom is -0.508 e. The molecule has 0 aliphatic rings. The van der Waals surface area contributed by atoms with Crippen molar-refractivity contribution in [2.75, 3.05) is 19.8 Å². The van der Waals surface area contributed by atoms with E-state index in [9.17, 15) is 41.4 Å². The summed E-state index contributed by atoms with van der Waals surface area (Å²) >= 11 is 0. The average molecular weight is 480 g/mol. The number of halogens is 6. The van der Waals surface area contributed by atoms with Crippen molar-refractivity contribution in [1.29, 1.82) is 0 Å². The smallest absolute Gasteiger partial charge is 0.377 e. The first-order valence-corrected chi connectivity index (χ1v) is 9.83. The summed E-state index contributed by atoms with van der Waals surface area (Å²) in [6.07, 6.45) is 0.811. The Morgan fingerprint density at radius 2 is 1.55 bits per heavy atom. The van der Waals surface area contributed by atoms with Crippen LogP contribution in [0.2, 0.25) is 0 Å². The van der Waals surface area contributed by atoms with Crippen molar-refractivity contribution in [3.8, 4) is 22.6 Å². The number of unbranched alkanes of at least 4 members (excludes halogenated alkanes) is 1. The molecule has 0 aliphatic heterocycles. The third-order valence-corrected chi connectivity index (χ3v) is 4.67. The number of ether oxygens (including phenoxy) is 2. The number of carbonyl (C=O) groups is 1. The number of hydrogen-bond acceptors (Lipinski definition) is 4. The lowest BCUT2D eigenvalue weighted by molar-refractivity contribution is -0.324. The van der Waals surface area contributed by atoms with Crippen molar-refractivity contribution in [1.82, 2.24) is 0 Å². The van der Waals surface area contributed by atoms with Gasteiger partial charge in [-0.3, -0.25) is 0 Å². The number of aromatic hydroxyl groups is 1. The summed E-state index contributed by atoms with van der Waals surface area (Å²) in [7, 11) is 0. The molecule has 0 fully saturated rings. The van der Waals surface area contributed by atoms with Crippen LogP contribution in [0.3, 0.4) is 0 Å². The van der Waals surface area contributed by atoms with Gasteiger partial charge < -0.3 is 19.7 Å². The number of phenolic OH excluding ortho intramolecular Hbond substituents is 1. The van der Waals surface area contributed by atoms with Crippen LogP contribution in [0.1, 0.15) is 30.1 Å². The molecule has 182 valence electrons. The maximum absolute atomic E-state index is 14.3. The monoisotopic (exact) mass is 480 g/mol. The molecule has 0 bridgehead atoms. The van der Waals surface area contributed by atoms with Crippen LogP contribution < -0.4 is 4.74 Å². The number of phenols is 1. The third kappa shape index (κ3) is 5.89. The van der Waals surface area contributed by atoms with E-state index < -0.39 is 48.3 Å². The molecule has 0 unspecified atom stereocenters. The number of carboxylic acid groups (broad SMARTS) is 1. The molecule has 0 radical (unpaired) electrons. The number of benzene rings is 2. The zero-order valence-electron chi connectivity index (χ0n) is 17.5. The predicted octanol–water partition coefficient (Wildman–Crippen LogP) is 5.86. The summed E-state index contributed by atoms with van der Waals surface area (Å²) in [4.78, 5) is 11.5. The maximum atomic E-state index is 14.3. The molecular weight excluding hydrogens is 458 g/mol. The molecular formula is C22H22F6O5. The molecule has 33 heavy (non-hydrogen) atoms. The quantitative estimate of drug-likeness (QED) is 0.294. The van der Waals surface area contributed by atoms with Crippen LogP contribution in [0.5, 0.6) is 11.5 Å². The Kier molecular flexibility index (Phi) is 8.23. The number of rotatable bonds is 12. The zero-order valence-corrected chi connectivity index (χ0v) is 17.5. The molecule has 2 N–H and O–H groups in total. The largest absolute Gasteiger partial charge is 0.508 e. The molecule has 0 saturated carbocycles. The summed E-state index contributed by atoms with van der Waals surface area (Å²) in [6, 6.07) is 8.54. The molecule has 0 heterocycles. The molecule has 2 aromatic carbocycles. The van der Waals surface area contributed by atoms with Crippen molar-refractivity contribution >= 4 is 5.97 Å². The lowest BCUT2D eigenvalue weighted by Crippen LogP contribution is -2.58. The fourth-order valence-electron chi connectivity index (χ4n) is 2.79. The molecule has 0 aromatic heterocycles. The van der Waals surface area contributed by atoms with Gasteiger partial charge in [0.2, 0.25) is 0 Å². The highest BCUT2D eigenvalue weighted by Crippen LogP contribution is 2.46. The topological polar surface area (TPSA) is 76.0 Å². The first kappa shape index (κ1) is 26.3. The van der Waals surface area contributed by atoms with E-state index in [2.05, 4.69) is 4.74 Å². The van der Waals surface area contributed by atoms with Gasteiger partial charge in [0.05, 0.1) is 0 Å². The van der Waals surface area contributed by atoms with Gasteiger partial charge in [-0.15, -0.1) is 0 Å². The van der Waals surface area contributed by atoms with Gasteiger partial charge in [-0.2, -0.15) is 26.3 Å². The zero-order chi connectivity index (χ0) is 24.9. The van der Waals surface area contributed by atoms with Gasteiger partial charge in [-0.05, 0) is 30.2 Å². The van der Waals surface area contributed by atoms with Crippen LogP contribution in [-0.4, -0.2) is 53.8 Å². The van der Waals surface area contributed by atoms with Crippen molar-refractivity contribution < 1.29 is 50.8 Å². The van der Waals surface area contributed by atoms with Crippen LogP contribution in [0.25, 0.3) is 11.1 Å². The van der Waals surface area contributed by atoms with E-state index >= 15 is 0 Å². The second-order valence-corrected chi connectivity index (χ2v) is 7.21. The Hall–Kier alpha value is -2.95. The summed E-state index contributed by atoms with van der Waals surface area (Å²) in [6.45, 7) is -2.74. The first-order valence-electron chi connectivity index (χ1n) is 9.83. The Morgan fingerprint density at radius 3 is 2.12 bits per heavy atom. The molecule has 5 nitrogen and oxygen atoms in total. The van der Waals surface area contributed by atoms with E-state index in [4.69, 9.17) is 4.74 Å². The van der Waals surface area contributed by atoms with Crippen LogP contribution in [0, 0.1) is 0 Å². The molecule has 0 saturated heterocycles. The molecule has 2 rings (SSSR count). The van der Waals surface area contributed by atoms with E-state index in [1.807, 2.05) is 0 Å². The van der Waals surface area contributed by atoms with E-state index in [-0.39, 0.29) is 29.9 Å². The Bertz CT molecular complexity index is 947. The van der Waals surface area contributed by atoms with Gasteiger partial charge in [0.15, 0.2) is 6.61 Å². The van der Waals surface area contributed by atoms with Crippen LogP contribution in [0.4, 0.5) is 26.3 Å². The molecule has 11 heteroatoms. The number of para-hydroxylation sites is 1. The molecule has 0 amide bonds. The van der Waals surface area contributed by atoms with Gasteiger partial charge in [0.25, 0.3) is 0 Å². The molecule has 0 spiro atoms. The van der Waals surface area contributed by atoms with Gasteiger partial charge in [0, 0.05) is 12.2 Å². The van der Waals surface area contributed by atoms with Crippen LogP contribution in [-0.2, 0) is 4.74 Å². The fraction of sp³-hybridized carbons (Fsp3) is 0.409. The lowest BCUT2D eigenvalue weighted by atomic mass is 10.0. The number of carboxylic acids is 1. The normalized spacial score (nSPS) is 12.6. The number of aromatic carboxylic acids is 1. The van der Waals surface area contributed by atoms with Gasteiger partial charge in [-0.25, -0.2) is 4.79 Å². The highest BCUT2D eigenvalue weighted by molar-refractivity contribution is 5.94. The molecule has 0 aliphatic carbocycles. The standard InChI is InChI=1S/C22H22F6O5/c1-2-3-11-32-12-20(23,24)22(27,28)21(25,26)13-33-18-16(5-4-6-17(18)19(30)31)14-7-9-15(29)10-8-14/h4-10,29H,2-3,11-13H2,1H3,(H,30,31). The van der Waals surface area contributed by atoms with E-state index in [1.54, 1.807) is 6.92 Å². The van der Waals surface area contributed by atoms with Gasteiger partial charge >= 0.3 is 23.7 Å². The second kappa shape index (κ2) is 10.3.